The van der Waals surface area contributed by atoms with Gasteiger partial charge in [0, 0.05) is 5.39 Å². The number of nitrogens with zero attached hydrogens (tertiary/aromatic N) is 2. The molecule has 0 amide bonds. The minimum Gasteiger partial charge on any atom is -0.494 e. The molecule has 122 valence electrons. The summed E-state index contributed by atoms with van der Waals surface area (Å²) < 4.78 is 10.6. The summed E-state index contributed by atoms with van der Waals surface area (Å²) in [5.41, 5.74) is 7.07. The molecule has 2 N–H and O–H groups in total. The Morgan fingerprint density at radius 2 is 1.83 bits per heavy atom. The number of aromatic nitrogens is 2. The predicted octanol–water partition coefficient (Wildman–Crippen LogP) is 2.97. The Morgan fingerprint density at radius 1 is 1.08 bits per heavy atom. The normalized spacial score (nSPS) is 10.5. The fourth-order valence-electron chi connectivity index (χ4n) is 2.28. The molecule has 6 nitrogen and oxygen atoms in total. The summed E-state index contributed by atoms with van der Waals surface area (Å²) in [6.45, 7) is 2.43. The number of nitrogens with two attached hydrogens (primary N) is 1. The average molecular weight is 323 g/mol. The number of para-hydroxylation sites is 1. The Kier molecular flexibility index (Phi) is 4.56. The van der Waals surface area contributed by atoms with Gasteiger partial charge in [0.25, 0.3) is 0 Å². The molecule has 0 aliphatic heterocycles. The maximum atomic E-state index is 12.1. The SMILES string of the molecule is CCOc1ccc(C(=O)OCc2nc(N)c3ccccc3n2)cc1. The number of benzene rings is 2. The minimum absolute atomic E-state index is 0.0406. The van der Waals surface area contributed by atoms with Crippen molar-refractivity contribution in [2.75, 3.05) is 12.3 Å². The zero-order valence-corrected chi connectivity index (χ0v) is 13.2. The lowest BCUT2D eigenvalue weighted by atomic mass is 10.2. The maximum Gasteiger partial charge on any atom is 0.338 e. The average Bonchev–Trinajstić information content (AvgIpc) is 2.61. The first-order chi connectivity index (χ1) is 11.7. The van der Waals surface area contributed by atoms with Crippen molar-refractivity contribution in [3.8, 4) is 5.75 Å². The number of rotatable bonds is 5. The Morgan fingerprint density at radius 3 is 2.58 bits per heavy atom. The minimum atomic E-state index is -0.451. The van der Waals surface area contributed by atoms with E-state index in [1.54, 1.807) is 24.3 Å². The van der Waals surface area contributed by atoms with E-state index in [-0.39, 0.29) is 6.61 Å². The summed E-state index contributed by atoms with van der Waals surface area (Å²) in [7, 11) is 0. The van der Waals surface area contributed by atoms with Crippen LogP contribution in [0.3, 0.4) is 0 Å². The third-order valence-corrected chi connectivity index (χ3v) is 3.41. The van der Waals surface area contributed by atoms with Gasteiger partial charge in [-0.25, -0.2) is 14.8 Å². The first-order valence-corrected chi connectivity index (χ1v) is 7.58. The fraction of sp³-hybridized carbons (Fsp3) is 0.167. The number of ether oxygens (including phenoxy) is 2. The van der Waals surface area contributed by atoms with Crippen molar-refractivity contribution in [2.24, 2.45) is 0 Å². The second-order valence-electron chi connectivity index (χ2n) is 5.08. The molecule has 0 atom stereocenters. The van der Waals surface area contributed by atoms with E-state index in [1.807, 2.05) is 31.2 Å². The van der Waals surface area contributed by atoms with Gasteiger partial charge in [-0.15, -0.1) is 0 Å². The lowest BCUT2D eigenvalue weighted by Gasteiger charge is -2.07. The Bertz CT molecular complexity index is 863. The summed E-state index contributed by atoms with van der Waals surface area (Å²) in [5, 5.41) is 0.777. The monoisotopic (exact) mass is 323 g/mol. The highest BCUT2D eigenvalue weighted by Gasteiger charge is 2.10. The standard InChI is InChI=1S/C18H17N3O3/c1-2-23-13-9-7-12(8-10-13)18(22)24-11-16-20-15-6-4-3-5-14(15)17(19)21-16/h3-10H,2,11H2,1H3,(H2,19,20,21). The van der Waals surface area contributed by atoms with Crippen molar-refractivity contribution in [1.29, 1.82) is 0 Å². The molecule has 1 heterocycles. The first-order valence-electron chi connectivity index (χ1n) is 7.58. The van der Waals surface area contributed by atoms with Crippen LogP contribution in [-0.4, -0.2) is 22.5 Å². The van der Waals surface area contributed by atoms with E-state index in [0.717, 1.165) is 10.9 Å². The van der Waals surface area contributed by atoms with Gasteiger partial charge in [0.05, 0.1) is 17.7 Å². The number of hydrogen-bond acceptors (Lipinski definition) is 6. The van der Waals surface area contributed by atoms with Crippen molar-refractivity contribution in [3.05, 3.63) is 59.9 Å². The van der Waals surface area contributed by atoms with Crippen LogP contribution in [0.1, 0.15) is 23.1 Å². The molecule has 1 aromatic heterocycles. The van der Waals surface area contributed by atoms with Crippen LogP contribution in [0.2, 0.25) is 0 Å². The number of carbonyl (C=O) groups excluding carboxylic acids is 1. The Hall–Kier alpha value is -3.15. The predicted molar refractivity (Wildman–Crippen MR) is 90.7 cm³/mol. The quantitative estimate of drug-likeness (QED) is 0.726. The van der Waals surface area contributed by atoms with Gasteiger partial charge in [-0.3, -0.25) is 0 Å². The number of fused-ring (bicyclic) bond motifs is 1. The molecular weight excluding hydrogens is 306 g/mol. The number of nitrogen functional groups attached to an aromatic ring is 1. The van der Waals surface area contributed by atoms with Crippen LogP contribution in [0, 0.1) is 0 Å². The molecule has 3 rings (SSSR count). The molecule has 0 saturated carbocycles. The largest absolute Gasteiger partial charge is 0.494 e. The smallest absolute Gasteiger partial charge is 0.338 e. The highest BCUT2D eigenvalue weighted by Crippen LogP contribution is 2.18. The van der Waals surface area contributed by atoms with Gasteiger partial charge in [0.1, 0.15) is 11.6 Å². The Labute approximate surface area is 139 Å². The summed E-state index contributed by atoms with van der Waals surface area (Å²) in [4.78, 5) is 20.6. The van der Waals surface area contributed by atoms with E-state index in [1.165, 1.54) is 0 Å². The Balaban J connectivity index is 1.69. The molecule has 3 aromatic rings. The number of carbonyl (C=O) groups is 1. The van der Waals surface area contributed by atoms with Crippen molar-refractivity contribution in [1.82, 2.24) is 9.97 Å². The fourth-order valence-corrected chi connectivity index (χ4v) is 2.28. The lowest BCUT2D eigenvalue weighted by molar-refractivity contribution is 0.0462. The van der Waals surface area contributed by atoms with Crippen LogP contribution in [0.15, 0.2) is 48.5 Å². The molecule has 0 saturated heterocycles. The lowest BCUT2D eigenvalue weighted by Crippen LogP contribution is -2.08. The number of anilines is 1. The molecule has 0 spiro atoms. The second kappa shape index (κ2) is 6.95. The molecule has 0 unspecified atom stereocenters. The summed E-state index contributed by atoms with van der Waals surface area (Å²) in [6.07, 6.45) is 0. The van der Waals surface area contributed by atoms with Crippen LogP contribution < -0.4 is 10.5 Å². The van der Waals surface area contributed by atoms with Crippen molar-refractivity contribution < 1.29 is 14.3 Å². The summed E-state index contributed by atoms with van der Waals surface area (Å²) in [6, 6.07) is 14.2. The molecule has 0 aliphatic carbocycles. The van der Waals surface area contributed by atoms with Gasteiger partial charge in [0.15, 0.2) is 12.4 Å². The van der Waals surface area contributed by atoms with Gasteiger partial charge in [0.2, 0.25) is 0 Å². The summed E-state index contributed by atoms with van der Waals surface area (Å²) >= 11 is 0. The van der Waals surface area contributed by atoms with E-state index in [0.29, 0.717) is 29.6 Å². The van der Waals surface area contributed by atoms with Crippen LogP contribution in [0.4, 0.5) is 5.82 Å². The van der Waals surface area contributed by atoms with Crippen LogP contribution in [-0.2, 0) is 11.3 Å². The zero-order chi connectivity index (χ0) is 16.9. The highest BCUT2D eigenvalue weighted by atomic mass is 16.5. The van der Waals surface area contributed by atoms with Gasteiger partial charge < -0.3 is 15.2 Å². The second-order valence-corrected chi connectivity index (χ2v) is 5.08. The highest BCUT2D eigenvalue weighted by molar-refractivity contribution is 5.90. The number of hydrogen-bond donors (Lipinski definition) is 1. The maximum absolute atomic E-state index is 12.1. The van der Waals surface area contributed by atoms with Gasteiger partial charge in [-0.05, 0) is 43.3 Å². The first kappa shape index (κ1) is 15.7. The van der Waals surface area contributed by atoms with Crippen molar-refractivity contribution in [3.63, 3.8) is 0 Å². The molecule has 0 fully saturated rings. The van der Waals surface area contributed by atoms with E-state index in [9.17, 15) is 4.79 Å². The molecule has 24 heavy (non-hydrogen) atoms. The van der Waals surface area contributed by atoms with Crippen LogP contribution in [0.5, 0.6) is 5.75 Å². The molecular formula is C18H17N3O3. The van der Waals surface area contributed by atoms with E-state index in [2.05, 4.69) is 9.97 Å². The molecule has 0 radical (unpaired) electrons. The van der Waals surface area contributed by atoms with Gasteiger partial charge >= 0.3 is 5.97 Å². The van der Waals surface area contributed by atoms with Crippen molar-refractivity contribution >= 4 is 22.7 Å². The third-order valence-electron chi connectivity index (χ3n) is 3.41. The van der Waals surface area contributed by atoms with E-state index in [4.69, 9.17) is 15.2 Å². The van der Waals surface area contributed by atoms with E-state index < -0.39 is 5.97 Å². The van der Waals surface area contributed by atoms with Crippen LogP contribution >= 0.6 is 0 Å². The number of esters is 1. The molecule has 6 heteroatoms. The van der Waals surface area contributed by atoms with Crippen molar-refractivity contribution in [2.45, 2.75) is 13.5 Å². The van der Waals surface area contributed by atoms with Gasteiger partial charge in [-0.1, -0.05) is 12.1 Å². The van der Waals surface area contributed by atoms with E-state index >= 15 is 0 Å². The summed E-state index contributed by atoms with van der Waals surface area (Å²) in [5.74, 6) is 0.992. The third kappa shape index (κ3) is 3.43. The molecule has 0 aliphatic rings. The molecule has 2 aromatic carbocycles. The van der Waals surface area contributed by atoms with Crippen LogP contribution in [0.25, 0.3) is 10.9 Å². The van der Waals surface area contributed by atoms with Gasteiger partial charge in [-0.2, -0.15) is 0 Å². The topological polar surface area (TPSA) is 87.3 Å². The molecule has 0 bridgehead atoms. The zero-order valence-electron chi connectivity index (χ0n) is 13.2.